The highest BCUT2D eigenvalue weighted by atomic mass is 19.3. The lowest BCUT2D eigenvalue weighted by Crippen LogP contribution is -2.33. The molecule has 3 aromatic rings. The van der Waals surface area contributed by atoms with Gasteiger partial charge in [-0.1, -0.05) is 6.07 Å². The lowest BCUT2D eigenvalue weighted by atomic mass is 10.1. The fourth-order valence-corrected chi connectivity index (χ4v) is 3.32. The summed E-state index contributed by atoms with van der Waals surface area (Å²) in [7, 11) is 0. The van der Waals surface area contributed by atoms with Gasteiger partial charge in [0.15, 0.2) is 0 Å². The maximum Gasteiger partial charge on any atom is 0.387 e. The molecule has 31 heavy (non-hydrogen) atoms. The lowest BCUT2D eigenvalue weighted by molar-refractivity contribution is -0.0498. The van der Waals surface area contributed by atoms with Crippen LogP contribution in [0.5, 0.6) is 5.75 Å². The number of nitrogens with one attached hydrogen (secondary N) is 2. The molecule has 0 unspecified atom stereocenters. The lowest BCUT2D eigenvalue weighted by Gasteiger charge is -2.26. The molecule has 1 aliphatic rings. The Kier molecular flexibility index (Phi) is 6.19. The number of carbonyl (C=O) groups is 1. The summed E-state index contributed by atoms with van der Waals surface area (Å²) in [5.41, 5.74) is 1.12. The Balaban J connectivity index is 1.70. The molecule has 1 atom stereocenters. The normalized spacial score (nSPS) is 16.3. The predicted molar refractivity (Wildman–Crippen MR) is 106 cm³/mol. The fourth-order valence-electron chi connectivity index (χ4n) is 3.32. The fraction of sp³-hybridized carbons (Fsp3) is 0.238. The standard InChI is InChI=1S/C21H19F3N4O3/c22-17-9-13(19-12-25-7-8-30-19)1-6-18(17)28(20(29)14-10-26-27-11-14)15-2-4-16(5-3-15)31-21(23)24/h1-6,9-11,19,21,25H,7-8,12H2,(H,26,27)/t19-/m1/s1. The number of hydrogen-bond donors (Lipinski definition) is 2. The number of nitrogens with zero attached hydrogens (tertiary/aromatic N) is 2. The van der Waals surface area contributed by atoms with Gasteiger partial charge >= 0.3 is 6.61 Å². The van der Waals surface area contributed by atoms with Crippen LogP contribution in [-0.4, -0.2) is 42.4 Å². The molecular weight excluding hydrogens is 413 g/mol. The molecular formula is C21H19F3N4O3. The van der Waals surface area contributed by atoms with Crippen LogP contribution in [0.15, 0.2) is 54.9 Å². The molecule has 2 aromatic carbocycles. The minimum absolute atomic E-state index is 0.00115. The van der Waals surface area contributed by atoms with E-state index in [0.29, 0.717) is 18.7 Å². The highest BCUT2D eigenvalue weighted by Crippen LogP contribution is 2.33. The SMILES string of the molecule is O=C(c1cn[nH]c1)N(c1ccc(OC(F)F)cc1)c1ccc([C@H]2CNCCO2)cc1F. The molecule has 1 aliphatic heterocycles. The largest absolute Gasteiger partial charge is 0.435 e. The summed E-state index contributed by atoms with van der Waals surface area (Å²) in [6.45, 7) is -1.17. The zero-order valence-electron chi connectivity index (χ0n) is 16.2. The number of ether oxygens (including phenoxy) is 2. The number of carbonyl (C=O) groups excluding carboxylic acids is 1. The maximum absolute atomic E-state index is 15.2. The number of rotatable bonds is 6. The van der Waals surface area contributed by atoms with Crippen LogP contribution in [0.2, 0.25) is 0 Å². The zero-order valence-corrected chi connectivity index (χ0v) is 16.2. The van der Waals surface area contributed by atoms with Crippen LogP contribution in [0, 0.1) is 5.82 Å². The van der Waals surface area contributed by atoms with Crippen LogP contribution >= 0.6 is 0 Å². The molecule has 0 aliphatic carbocycles. The monoisotopic (exact) mass is 432 g/mol. The first-order valence-corrected chi connectivity index (χ1v) is 9.53. The molecule has 1 fully saturated rings. The van der Waals surface area contributed by atoms with Crippen LogP contribution < -0.4 is 15.0 Å². The van der Waals surface area contributed by atoms with Gasteiger partial charge in [-0.3, -0.25) is 14.8 Å². The van der Waals surface area contributed by atoms with Gasteiger partial charge in [0.25, 0.3) is 5.91 Å². The van der Waals surface area contributed by atoms with Gasteiger partial charge in [-0.15, -0.1) is 0 Å². The molecule has 0 radical (unpaired) electrons. The van der Waals surface area contributed by atoms with Crippen molar-refractivity contribution >= 4 is 17.3 Å². The smallest absolute Gasteiger partial charge is 0.387 e. The maximum atomic E-state index is 15.2. The Bertz CT molecular complexity index is 1020. The number of morpholine rings is 1. The second-order valence-corrected chi connectivity index (χ2v) is 6.77. The molecule has 2 heterocycles. The first-order chi connectivity index (χ1) is 15.0. The van der Waals surface area contributed by atoms with E-state index < -0.39 is 18.3 Å². The third-order valence-corrected chi connectivity index (χ3v) is 4.78. The Hall–Kier alpha value is -3.37. The van der Waals surface area contributed by atoms with E-state index in [2.05, 4.69) is 20.3 Å². The summed E-state index contributed by atoms with van der Waals surface area (Å²) in [5.74, 6) is -1.25. The number of alkyl halides is 2. The van der Waals surface area contributed by atoms with Crippen molar-refractivity contribution in [1.82, 2.24) is 15.5 Å². The third kappa shape index (κ3) is 4.70. The van der Waals surface area contributed by atoms with Gasteiger partial charge in [0, 0.05) is 25.0 Å². The van der Waals surface area contributed by atoms with E-state index in [1.165, 1.54) is 48.8 Å². The van der Waals surface area contributed by atoms with Crippen LogP contribution in [0.3, 0.4) is 0 Å². The van der Waals surface area contributed by atoms with Gasteiger partial charge in [-0.05, 0) is 42.0 Å². The van der Waals surface area contributed by atoms with E-state index in [4.69, 9.17) is 4.74 Å². The zero-order chi connectivity index (χ0) is 21.8. The van der Waals surface area contributed by atoms with E-state index in [0.717, 1.165) is 11.4 Å². The molecule has 7 nitrogen and oxygen atoms in total. The first-order valence-electron chi connectivity index (χ1n) is 9.53. The topological polar surface area (TPSA) is 79.5 Å². The highest BCUT2D eigenvalue weighted by Gasteiger charge is 2.25. The number of hydrogen-bond acceptors (Lipinski definition) is 5. The highest BCUT2D eigenvalue weighted by molar-refractivity contribution is 6.10. The number of halogens is 3. The van der Waals surface area contributed by atoms with Gasteiger partial charge in [0.1, 0.15) is 11.6 Å². The Morgan fingerprint density at radius 2 is 2.03 bits per heavy atom. The summed E-state index contributed by atoms with van der Waals surface area (Å²) in [4.78, 5) is 14.3. The van der Waals surface area contributed by atoms with Crippen molar-refractivity contribution in [1.29, 1.82) is 0 Å². The number of amides is 1. The van der Waals surface area contributed by atoms with E-state index in [1.54, 1.807) is 6.07 Å². The molecule has 1 aromatic heterocycles. The van der Waals surface area contributed by atoms with Crippen molar-refractivity contribution in [2.24, 2.45) is 0 Å². The van der Waals surface area contributed by atoms with Gasteiger partial charge in [-0.2, -0.15) is 13.9 Å². The number of benzene rings is 2. The molecule has 162 valence electrons. The van der Waals surface area contributed by atoms with Gasteiger partial charge in [0.2, 0.25) is 0 Å². The Morgan fingerprint density at radius 1 is 1.23 bits per heavy atom. The van der Waals surface area contributed by atoms with Gasteiger partial charge in [0.05, 0.1) is 30.2 Å². The number of H-pyrrole nitrogens is 1. The molecule has 0 saturated carbocycles. The quantitative estimate of drug-likeness (QED) is 0.620. The predicted octanol–water partition coefficient (Wildman–Crippen LogP) is 3.79. The molecule has 0 bridgehead atoms. The number of anilines is 2. The molecule has 1 amide bonds. The van der Waals surface area contributed by atoms with E-state index in [1.807, 2.05) is 0 Å². The van der Waals surface area contributed by atoms with Crippen LogP contribution in [0.25, 0.3) is 0 Å². The molecule has 2 N–H and O–H groups in total. The van der Waals surface area contributed by atoms with Gasteiger partial charge in [-0.25, -0.2) is 4.39 Å². The van der Waals surface area contributed by atoms with E-state index in [9.17, 15) is 13.6 Å². The van der Waals surface area contributed by atoms with Gasteiger partial charge < -0.3 is 14.8 Å². The molecule has 1 saturated heterocycles. The number of aromatic amines is 1. The number of aromatic nitrogens is 2. The van der Waals surface area contributed by atoms with Crippen molar-refractivity contribution in [2.45, 2.75) is 12.7 Å². The summed E-state index contributed by atoms with van der Waals surface area (Å²) in [6, 6.07) is 9.88. The van der Waals surface area contributed by atoms with Crippen LogP contribution in [-0.2, 0) is 4.74 Å². The second-order valence-electron chi connectivity index (χ2n) is 6.77. The summed E-state index contributed by atoms with van der Waals surface area (Å²) < 4.78 is 50.1. The summed E-state index contributed by atoms with van der Waals surface area (Å²) in [6.07, 6.45) is 2.41. The minimum atomic E-state index is -2.98. The Morgan fingerprint density at radius 3 is 2.65 bits per heavy atom. The third-order valence-electron chi connectivity index (χ3n) is 4.78. The summed E-state index contributed by atoms with van der Waals surface area (Å²) >= 11 is 0. The van der Waals surface area contributed by atoms with Crippen LogP contribution in [0.1, 0.15) is 22.0 Å². The van der Waals surface area contributed by atoms with E-state index in [-0.39, 0.29) is 28.8 Å². The summed E-state index contributed by atoms with van der Waals surface area (Å²) in [5, 5.41) is 9.50. The Labute approximate surface area is 175 Å². The van der Waals surface area contributed by atoms with Crippen molar-refractivity contribution < 1.29 is 27.4 Å². The molecule has 0 spiro atoms. The van der Waals surface area contributed by atoms with Crippen molar-refractivity contribution in [3.05, 3.63) is 71.8 Å². The van der Waals surface area contributed by atoms with Crippen molar-refractivity contribution in [2.75, 3.05) is 24.6 Å². The molecule has 10 heteroatoms. The minimum Gasteiger partial charge on any atom is -0.435 e. The van der Waals surface area contributed by atoms with Crippen molar-refractivity contribution in [3.63, 3.8) is 0 Å². The average molecular weight is 432 g/mol. The molecule has 4 rings (SSSR count). The van der Waals surface area contributed by atoms with Crippen molar-refractivity contribution in [3.8, 4) is 5.75 Å². The first kappa shape index (κ1) is 20.9. The average Bonchev–Trinajstić information content (AvgIpc) is 3.31. The van der Waals surface area contributed by atoms with Crippen LogP contribution in [0.4, 0.5) is 24.5 Å². The second kappa shape index (κ2) is 9.19. The van der Waals surface area contributed by atoms with E-state index >= 15 is 4.39 Å².